The number of rotatable bonds is 4. The van der Waals surface area contributed by atoms with Crippen molar-refractivity contribution in [1.29, 1.82) is 0 Å². The van der Waals surface area contributed by atoms with Crippen LogP contribution in [0.1, 0.15) is 24.9 Å². The zero-order valence-electron chi connectivity index (χ0n) is 15.4. The number of imidazole rings is 1. The smallest absolute Gasteiger partial charge is 0.289 e. The summed E-state index contributed by atoms with van der Waals surface area (Å²) in [5.41, 5.74) is 4.69. The summed E-state index contributed by atoms with van der Waals surface area (Å²) in [6, 6.07) is 0. The minimum absolute atomic E-state index is 0.0975. The second kappa shape index (κ2) is 6.92. The molecule has 4 atom stereocenters. The molecule has 0 bridgehead atoms. The number of aliphatic hydroxyl groups is 2. The minimum Gasteiger partial charge on any atom is -0.394 e. The van der Waals surface area contributed by atoms with Gasteiger partial charge in [0.25, 0.3) is 5.56 Å². The number of nitrogens with zero attached hydrogens (tertiary/aromatic N) is 4. The van der Waals surface area contributed by atoms with Gasteiger partial charge in [-0.15, -0.1) is 0 Å². The first-order valence-electron chi connectivity index (χ1n) is 8.41. The molecule has 13 heteroatoms. The molecule has 1 saturated heterocycles. The number of carbonyl (C=O) groups excluding carboxylic acids is 1. The van der Waals surface area contributed by atoms with Gasteiger partial charge in [0.1, 0.15) is 17.5 Å². The van der Waals surface area contributed by atoms with Crippen molar-refractivity contribution in [2.45, 2.75) is 37.5 Å². The highest BCUT2D eigenvalue weighted by Crippen LogP contribution is 2.35. The Kier molecular flexibility index (Phi) is 5.04. The van der Waals surface area contributed by atoms with Crippen molar-refractivity contribution < 1.29 is 28.2 Å². The lowest BCUT2D eigenvalue weighted by molar-refractivity contribution is -0.0431. The molecule has 0 radical (unpaired) electrons. The van der Waals surface area contributed by atoms with Crippen LogP contribution in [0.4, 0.5) is 5.95 Å². The fourth-order valence-electron chi connectivity index (χ4n) is 3.20. The van der Waals surface area contributed by atoms with Gasteiger partial charge in [0.15, 0.2) is 27.2 Å². The Labute approximate surface area is 159 Å². The summed E-state index contributed by atoms with van der Waals surface area (Å²) in [6.07, 6.45) is -1.90. The quantitative estimate of drug-likeness (QED) is 0.512. The van der Waals surface area contributed by atoms with Gasteiger partial charge in [-0.2, -0.15) is 4.98 Å². The van der Waals surface area contributed by atoms with Gasteiger partial charge < -0.3 is 20.7 Å². The molecular formula is C15H21N5O7S. The van der Waals surface area contributed by atoms with E-state index in [1.165, 1.54) is 0 Å². The molecule has 0 spiro atoms. The van der Waals surface area contributed by atoms with Crippen LogP contribution in [0.2, 0.25) is 0 Å². The van der Waals surface area contributed by atoms with Gasteiger partial charge >= 0.3 is 0 Å². The molecule has 2 aromatic rings. The lowest BCUT2D eigenvalue weighted by Crippen LogP contribution is -2.39. The fourth-order valence-corrected chi connectivity index (χ4v) is 4.50. The van der Waals surface area contributed by atoms with Crippen molar-refractivity contribution in [3.8, 4) is 0 Å². The number of anilines is 1. The first kappa shape index (κ1) is 20.4. The Morgan fingerprint density at radius 1 is 1.43 bits per heavy atom. The number of sulfone groups is 1. The lowest BCUT2D eigenvalue weighted by atomic mass is 10.2. The number of hydrogen-bond donors (Lipinski definition) is 3. The SMILES string of the molecule is CC(C)C(=O)n1c(N)nc2c(ncn2[C@@H]2O[C@H](CO)[C@@H](O)C2S(C)(=O)=O)c1=O. The van der Waals surface area contributed by atoms with E-state index in [4.69, 9.17) is 10.5 Å². The number of nitrogen functional groups attached to an aromatic ring is 1. The van der Waals surface area contributed by atoms with Crippen LogP contribution in [0.3, 0.4) is 0 Å². The predicted octanol–water partition coefficient (Wildman–Crippen LogP) is -1.86. The zero-order valence-corrected chi connectivity index (χ0v) is 16.2. The number of nitrogens with two attached hydrogens (primary N) is 1. The van der Waals surface area contributed by atoms with Gasteiger partial charge in [-0.3, -0.25) is 14.2 Å². The molecule has 1 aliphatic heterocycles. The summed E-state index contributed by atoms with van der Waals surface area (Å²) in [7, 11) is -3.82. The molecule has 4 N–H and O–H groups in total. The number of ether oxygens (including phenoxy) is 1. The van der Waals surface area contributed by atoms with Gasteiger partial charge in [0.05, 0.1) is 12.9 Å². The van der Waals surface area contributed by atoms with E-state index in [9.17, 15) is 28.2 Å². The van der Waals surface area contributed by atoms with Crippen LogP contribution in [-0.4, -0.2) is 74.0 Å². The van der Waals surface area contributed by atoms with E-state index in [0.717, 1.165) is 17.2 Å². The average molecular weight is 415 g/mol. The molecule has 3 rings (SSSR count). The Hall–Kier alpha value is -2.35. The number of hydrogen-bond acceptors (Lipinski definition) is 10. The van der Waals surface area contributed by atoms with E-state index in [1.807, 2.05) is 0 Å². The van der Waals surface area contributed by atoms with Crippen molar-refractivity contribution in [3.63, 3.8) is 0 Å². The Bertz CT molecular complexity index is 1090. The number of carbonyl (C=O) groups is 1. The van der Waals surface area contributed by atoms with Crippen LogP contribution in [0.15, 0.2) is 11.1 Å². The van der Waals surface area contributed by atoms with Crippen LogP contribution < -0.4 is 11.3 Å². The van der Waals surface area contributed by atoms with E-state index in [2.05, 4.69) is 9.97 Å². The summed E-state index contributed by atoms with van der Waals surface area (Å²) in [5, 5.41) is 18.2. The summed E-state index contributed by atoms with van der Waals surface area (Å²) in [6.45, 7) is 2.58. The van der Waals surface area contributed by atoms with Crippen molar-refractivity contribution in [1.82, 2.24) is 19.1 Å². The van der Waals surface area contributed by atoms with Crippen molar-refractivity contribution in [3.05, 3.63) is 16.7 Å². The molecule has 0 aliphatic carbocycles. The predicted molar refractivity (Wildman–Crippen MR) is 97.3 cm³/mol. The summed E-state index contributed by atoms with van der Waals surface area (Å²) >= 11 is 0. The summed E-state index contributed by atoms with van der Waals surface area (Å²) in [4.78, 5) is 32.9. The number of aromatic nitrogens is 4. The second-order valence-corrected chi connectivity index (χ2v) is 9.16. The van der Waals surface area contributed by atoms with Gasteiger partial charge in [0, 0.05) is 12.2 Å². The van der Waals surface area contributed by atoms with Crippen molar-refractivity contribution in [2.75, 3.05) is 18.6 Å². The number of aliphatic hydroxyl groups excluding tert-OH is 2. The molecule has 2 aromatic heterocycles. The molecule has 12 nitrogen and oxygen atoms in total. The average Bonchev–Trinajstić information content (AvgIpc) is 3.14. The minimum atomic E-state index is -3.82. The Morgan fingerprint density at radius 2 is 2.07 bits per heavy atom. The molecule has 1 unspecified atom stereocenters. The monoisotopic (exact) mass is 415 g/mol. The molecule has 154 valence electrons. The van der Waals surface area contributed by atoms with Crippen LogP contribution in [0, 0.1) is 5.92 Å². The second-order valence-electron chi connectivity index (χ2n) is 6.96. The molecule has 0 saturated carbocycles. The zero-order chi connectivity index (χ0) is 21.0. The standard InChI is InChI=1S/C15H21N5O7S/c1-6(2)12(23)20-13(24)8-11(18-15(20)16)19(5-17-8)14-10(28(3,25)26)9(22)7(4-21)27-14/h5-7,9-10,14,21-22H,4H2,1-3H3,(H2,16,18)/t7-,9-,10?,14-/m1/s1. The summed E-state index contributed by atoms with van der Waals surface area (Å²) < 4.78 is 31.7. The van der Waals surface area contributed by atoms with E-state index in [-0.39, 0.29) is 17.1 Å². The first-order chi connectivity index (χ1) is 13.0. The molecule has 0 aromatic carbocycles. The largest absolute Gasteiger partial charge is 0.394 e. The molecule has 28 heavy (non-hydrogen) atoms. The van der Waals surface area contributed by atoms with Gasteiger partial charge in [-0.05, 0) is 0 Å². The lowest BCUT2D eigenvalue weighted by Gasteiger charge is -2.20. The number of fused-ring (bicyclic) bond motifs is 1. The van der Waals surface area contributed by atoms with Crippen LogP contribution in [-0.2, 0) is 14.6 Å². The van der Waals surface area contributed by atoms with E-state index in [0.29, 0.717) is 4.57 Å². The van der Waals surface area contributed by atoms with E-state index < -0.39 is 57.5 Å². The van der Waals surface area contributed by atoms with E-state index in [1.54, 1.807) is 13.8 Å². The maximum absolute atomic E-state index is 12.7. The maximum atomic E-state index is 12.7. The molecule has 3 heterocycles. The van der Waals surface area contributed by atoms with E-state index >= 15 is 0 Å². The van der Waals surface area contributed by atoms with Gasteiger partial charge in [-0.1, -0.05) is 13.8 Å². The normalized spacial score (nSPS) is 25.6. The highest BCUT2D eigenvalue weighted by molar-refractivity contribution is 7.91. The highest BCUT2D eigenvalue weighted by Gasteiger charge is 2.50. The van der Waals surface area contributed by atoms with Crippen molar-refractivity contribution >= 4 is 32.9 Å². The third-order valence-electron chi connectivity index (χ3n) is 4.60. The third-order valence-corrected chi connectivity index (χ3v) is 6.10. The molecule has 1 aliphatic rings. The Balaban J connectivity index is 2.20. The van der Waals surface area contributed by atoms with Crippen LogP contribution >= 0.6 is 0 Å². The fraction of sp³-hybridized carbons (Fsp3) is 0.600. The van der Waals surface area contributed by atoms with Crippen LogP contribution in [0.25, 0.3) is 11.2 Å². The topological polar surface area (TPSA) is 180 Å². The van der Waals surface area contributed by atoms with Gasteiger partial charge in [-0.25, -0.2) is 18.0 Å². The molecule has 1 fully saturated rings. The summed E-state index contributed by atoms with van der Waals surface area (Å²) in [5.74, 6) is -1.46. The molecule has 0 amide bonds. The highest BCUT2D eigenvalue weighted by atomic mass is 32.2. The van der Waals surface area contributed by atoms with Crippen molar-refractivity contribution in [2.24, 2.45) is 5.92 Å². The van der Waals surface area contributed by atoms with Gasteiger partial charge in [0.2, 0.25) is 11.9 Å². The molecular weight excluding hydrogens is 394 g/mol. The Morgan fingerprint density at radius 3 is 2.61 bits per heavy atom. The maximum Gasteiger partial charge on any atom is 0.289 e. The third kappa shape index (κ3) is 3.09. The van der Waals surface area contributed by atoms with Crippen LogP contribution in [0.5, 0.6) is 0 Å². The first-order valence-corrected chi connectivity index (χ1v) is 10.4.